The molecule has 0 saturated carbocycles. The number of rotatable bonds is 6. The molecule has 0 aliphatic rings. The Morgan fingerprint density at radius 1 is 1.06 bits per heavy atom. The van der Waals surface area contributed by atoms with E-state index >= 15 is 0 Å². The average molecular weight is 541 g/mol. The number of pyridine rings is 2. The highest BCUT2D eigenvalue weighted by molar-refractivity contribution is 9.10. The van der Waals surface area contributed by atoms with E-state index in [2.05, 4.69) is 30.9 Å². The van der Waals surface area contributed by atoms with Crippen LogP contribution in [0.3, 0.4) is 0 Å². The summed E-state index contributed by atoms with van der Waals surface area (Å²) in [5.41, 5.74) is 3.18. The summed E-state index contributed by atoms with van der Waals surface area (Å²) in [5, 5.41) is 0. The minimum Gasteiger partial charge on any atom is -0.487 e. The van der Waals surface area contributed by atoms with Crippen LogP contribution < -0.4 is 10.3 Å². The number of hydrogen-bond acceptors (Lipinski definition) is 5. The zero-order valence-electron chi connectivity index (χ0n) is 19.6. The van der Waals surface area contributed by atoms with Crippen LogP contribution >= 0.6 is 15.9 Å². The number of ether oxygens (including phenoxy) is 1. The lowest BCUT2D eigenvalue weighted by atomic mass is 10.1. The van der Waals surface area contributed by atoms with Crippen LogP contribution in [0.5, 0.6) is 5.75 Å². The van der Waals surface area contributed by atoms with Gasteiger partial charge < -0.3 is 4.74 Å². The van der Waals surface area contributed by atoms with Gasteiger partial charge in [-0.05, 0) is 59.6 Å². The molecular formula is C26H23BrF2N4O2. The zero-order chi connectivity index (χ0) is 25.3. The third-order valence-corrected chi connectivity index (χ3v) is 6.20. The highest BCUT2D eigenvalue weighted by Gasteiger charge is 2.17. The SMILES string of the molecule is Cc1cnc(-c2ccnc(C(C)C)n2)cc1-n1c(C)cc(OCc2ccc(F)cc2F)c(Br)c1=O. The van der Waals surface area contributed by atoms with Crippen molar-refractivity contribution in [2.45, 2.75) is 40.2 Å². The Kier molecular flexibility index (Phi) is 7.07. The second kappa shape index (κ2) is 10.0. The number of aryl methyl sites for hydroxylation is 2. The second-order valence-electron chi connectivity index (χ2n) is 8.44. The van der Waals surface area contributed by atoms with E-state index in [1.807, 2.05) is 26.8 Å². The van der Waals surface area contributed by atoms with Gasteiger partial charge in [0.2, 0.25) is 0 Å². The Morgan fingerprint density at radius 2 is 1.83 bits per heavy atom. The van der Waals surface area contributed by atoms with Crippen molar-refractivity contribution in [3.05, 3.63) is 97.9 Å². The Balaban J connectivity index is 1.71. The maximum atomic E-state index is 14.0. The predicted molar refractivity (Wildman–Crippen MR) is 133 cm³/mol. The molecule has 6 nitrogen and oxygen atoms in total. The van der Waals surface area contributed by atoms with Gasteiger partial charge in [0.25, 0.3) is 5.56 Å². The maximum Gasteiger partial charge on any atom is 0.273 e. The molecule has 3 heterocycles. The van der Waals surface area contributed by atoms with Gasteiger partial charge in [-0.3, -0.25) is 14.3 Å². The first-order valence-corrected chi connectivity index (χ1v) is 11.7. The van der Waals surface area contributed by atoms with Gasteiger partial charge >= 0.3 is 0 Å². The number of nitrogens with zero attached hydrogens (tertiary/aromatic N) is 4. The first kappa shape index (κ1) is 24.7. The Labute approximate surface area is 209 Å². The van der Waals surface area contributed by atoms with Crippen LogP contribution in [0.25, 0.3) is 17.1 Å². The smallest absolute Gasteiger partial charge is 0.273 e. The van der Waals surface area contributed by atoms with E-state index in [-0.39, 0.29) is 33.9 Å². The Morgan fingerprint density at radius 3 is 2.54 bits per heavy atom. The van der Waals surface area contributed by atoms with Gasteiger partial charge in [-0.1, -0.05) is 13.8 Å². The van der Waals surface area contributed by atoms with Crippen molar-refractivity contribution in [2.75, 3.05) is 0 Å². The molecule has 0 unspecified atom stereocenters. The van der Waals surface area contributed by atoms with Crippen LogP contribution in [-0.4, -0.2) is 19.5 Å². The summed E-state index contributed by atoms with van der Waals surface area (Å²) in [6.07, 6.45) is 3.40. The van der Waals surface area contributed by atoms with Crippen LogP contribution in [0.2, 0.25) is 0 Å². The summed E-state index contributed by atoms with van der Waals surface area (Å²) in [4.78, 5) is 26.8. The summed E-state index contributed by atoms with van der Waals surface area (Å²) >= 11 is 3.33. The van der Waals surface area contributed by atoms with Crippen LogP contribution in [0.15, 0.2) is 58.1 Å². The summed E-state index contributed by atoms with van der Waals surface area (Å²) in [6.45, 7) is 7.52. The first-order chi connectivity index (χ1) is 16.7. The number of hydrogen-bond donors (Lipinski definition) is 0. The minimum absolute atomic E-state index is 0.155. The second-order valence-corrected chi connectivity index (χ2v) is 9.23. The molecule has 0 saturated heterocycles. The third-order valence-electron chi connectivity index (χ3n) is 5.47. The van der Waals surface area contributed by atoms with E-state index in [0.717, 1.165) is 17.7 Å². The van der Waals surface area contributed by atoms with E-state index < -0.39 is 11.6 Å². The van der Waals surface area contributed by atoms with Crippen LogP contribution in [0.1, 0.15) is 42.4 Å². The maximum absolute atomic E-state index is 14.0. The Hall–Kier alpha value is -3.46. The van der Waals surface area contributed by atoms with Crippen molar-refractivity contribution in [1.29, 1.82) is 0 Å². The van der Waals surface area contributed by atoms with Gasteiger partial charge in [-0.15, -0.1) is 0 Å². The molecule has 3 aromatic heterocycles. The van der Waals surface area contributed by atoms with Crippen molar-refractivity contribution < 1.29 is 13.5 Å². The molecule has 9 heteroatoms. The van der Waals surface area contributed by atoms with Crippen molar-refractivity contribution >= 4 is 15.9 Å². The number of benzene rings is 1. The van der Waals surface area contributed by atoms with E-state index in [1.165, 1.54) is 6.07 Å². The van der Waals surface area contributed by atoms with E-state index in [4.69, 9.17) is 4.74 Å². The van der Waals surface area contributed by atoms with Crippen LogP contribution in [-0.2, 0) is 6.61 Å². The van der Waals surface area contributed by atoms with Crippen LogP contribution in [0.4, 0.5) is 8.78 Å². The molecular weight excluding hydrogens is 518 g/mol. The summed E-state index contributed by atoms with van der Waals surface area (Å²) in [5.74, 6) is -0.244. The van der Waals surface area contributed by atoms with Gasteiger partial charge in [-0.25, -0.2) is 18.7 Å². The predicted octanol–water partition coefficient (Wildman–Crippen LogP) is 6.05. The lowest BCUT2D eigenvalue weighted by Crippen LogP contribution is -2.23. The lowest BCUT2D eigenvalue weighted by Gasteiger charge is -2.17. The highest BCUT2D eigenvalue weighted by Crippen LogP contribution is 2.28. The average Bonchev–Trinajstić information content (AvgIpc) is 2.82. The molecule has 0 N–H and O–H groups in total. The summed E-state index contributed by atoms with van der Waals surface area (Å²) < 4.78 is 34.6. The van der Waals surface area contributed by atoms with Gasteiger partial charge in [0, 0.05) is 41.7 Å². The normalized spacial score (nSPS) is 11.2. The quantitative estimate of drug-likeness (QED) is 0.297. The van der Waals surface area contributed by atoms with E-state index in [0.29, 0.717) is 28.6 Å². The fourth-order valence-corrected chi connectivity index (χ4v) is 3.97. The molecule has 4 rings (SSSR count). The summed E-state index contributed by atoms with van der Waals surface area (Å²) in [6, 6.07) is 8.55. The molecule has 0 spiro atoms. The monoisotopic (exact) mass is 540 g/mol. The highest BCUT2D eigenvalue weighted by atomic mass is 79.9. The van der Waals surface area contributed by atoms with Crippen molar-refractivity contribution in [1.82, 2.24) is 19.5 Å². The van der Waals surface area contributed by atoms with Gasteiger partial charge in [0.15, 0.2) is 0 Å². The van der Waals surface area contributed by atoms with Crippen molar-refractivity contribution in [3.63, 3.8) is 0 Å². The van der Waals surface area contributed by atoms with Gasteiger partial charge in [-0.2, -0.15) is 0 Å². The van der Waals surface area contributed by atoms with E-state index in [9.17, 15) is 13.6 Å². The molecule has 0 fully saturated rings. The first-order valence-electron chi connectivity index (χ1n) is 10.9. The van der Waals surface area contributed by atoms with E-state index in [1.54, 1.807) is 36.0 Å². The molecule has 1 aromatic carbocycles. The van der Waals surface area contributed by atoms with Crippen molar-refractivity contribution in [2.24, 2.45) is 0 Å². The van der Waals surface area contributed by atoms with Gasteiger partial charge in [0.1, 0.15) is 34.3 Å². The molecule has 0 aliphatic heterocycles. The molecule has 0 atom stereocenters. The molecule has 35 heavy (non-hydrogen) atoms. The van der Waals surface area contributed by atoms with Crippen molar-refractivity contribution in [3.8, 4) is 22.8 Å². The topological polar surface area (TPSA) is 69.9 Å². The molecule has 0 bridgehead atoms. The number of aromatic nitrogens is 4. The molecule has 180 valence electrons. The van der Waals surface area contributed by atoms with Gasteiger partial charge in [0.05, 0.1) is 17.1 Å². The Bertz CT molecular complexity index is 1470. The fraction of sp³-hybridized carbons (Fsp3) is 0.231. The molecule has 0 radical (unpaired) electrons. The lowest BCUT2D eigenvalue weighted by molar-refractivity contribution is 0.296. The zero-order valence-corrected chi connectivity index (χ0v) is 21.2. The summed E-state index contributed by atoms with van der Waals surface area (Å²) in [7, 11) is 0. The third kappa shape index (κ3) is 5.14. The standard InChI is InChI=1S/C26H23BrF2N4O2/c1-14(2)25-30-8-7-20(32-25)21-11-22(15(3)12-31-21)33-16(4)9-23(24(27)26(33)34)35-13-17-5-6-18(28)10-19(17)29/h5-12,14H,13H2,1-4H3. The molecule has 0 aliphatic carbocycles. The number of halogens is 3. The minimum atomic E-state index is -0.712. The largest absolute Gasteiger partial charge is 0.487 e. The van der Waals surface area contributed by atoms with Crippen LogP contribution in [0, 0.1) is 25.5 Å². The fourth-order valence-electron chi connectivity index (χ4n) is 3.57. The molecule has 4 aromatic rings. The molecule has 0 amide bonds.